The van der Waals surface area contributed by atoms with Gasteiger partial charge in [0.25, 0.3) is 0 Å². The molecule has 2 aliphatic rings. The summed E-state index contributed by atoms with van der Waals surface area (Å²) in [5, 5.41) is 0. The summed E-state index contributed by atoms with van der Waals surface area (Å²) >= 11 is 0. The minimum absolute atomic E-state index is 0.297. The van der Waals surface area contributed by atoms with Crippen molar-refractivity contribution in [1.82, 2.24) is 0 Å². The molecule has 1 fully saturated rings. The average molecular weight is 234 g/mol. The van der Waals surface area contributed by atoms with Crippen LogP contribution in [0.5, 0.6) is 0 Å². The highest BCUT2D eigenvalue weighted by Crippen LogP contribution is 2.59. The third kappa shape index (κ3) is 1.98. The number of allylic oxidation sites excluding steroid dienone is 2. The maximum Gasteiger partial charge on any atom is 0.124 e. The van der Waals surface area contributed by atoms with Crippen LogP contribution in [0.2, 0.25) is 0 Å². The third-order valence-electron chi connectivity index (χ3n) is 5.53. The van der Waals surface area contributed by atoms with Gasteiger partial charge < -0.3 is 4.79 Å². The maximum absolute atomic E-state index is 11.0. The zero-order valence-corrected chi connectivity index (χ0v) is 11.8. The number of carbonyl (C=O) groups excluding carboxylic acids is 1. The van der Waals surface area contributed by atoms with Gasteiger partial charge in [0.05, 0.1) is 0 Å². The van der Waals surface area contributed by atoms with Crippen LogP contribution in [0, 0.1) is 16.7 Å². The van der Waals surface area contributed by atoms with Gasteiger partial charge in [0.15, 0.2) is 0 Å². The van der Waals surface area contributed by atoms with Gasteiger partial charge in [0, 0.05) is 6.42 Å². The van der Waals surface area contributed by atoms with Crippen LogP contribution in [0.1, 0.15) is 66.2 Å². The highest BCUT2D eigenvalue weighted by Gasteiger charge is 2.49. The van der Waals surface area contributed by atoms with Crippen molar-refractivity contribution in [3.8, 4) is 0 Å². The molecule has 0 aromatic carbocycles. The molecule has 2 rings (SSSR count). The van der Waals surface area contributed by atoms with Crippen molar-refractivity contribution in [1.29, 1.82) is 0 Å². The van der Waals surface area contributed by atoms with E-state index < -0.39 is 0 Å². The van der Waals surface area contributed by atoms with Crippen molar-refractivity contribution >= 4 is 6.29 Å². The molecule has 0 saturated heterocycles. The number of hydrogen-bond donors (Lipinski definition) is 0. The minimum atomic E-state index is 0.297. The third-order valence-corrected chi connectivity index (χ3v) is 5.53. The summed E-state index contributed by atoms with van der Waals surface area (Å²) in [4.78, 5) is 11.0. The molecule has 1 saturated carbocycles. The second-order valence-electron chi connectivity index (χ2n) is 6.98. The number of carbonyl (C=O) groups is 1. The van der Waals surface area contributed by atoms with Crippen LogP contribution in [-0.2, 0) is 4.79 Å². The molecule has 0 N–H and O–H groups in total. The molecule has 0 radical (unpaired) electrons. The van der Waals surface area contributed by atoms with Crippen molar-refractivity contribution in [2.75, 3.05) is 0 Å². The van der Waals surface area contributed by atoms with Gasteiger partial charge in [-0.1, -0.05) is 38.3 Å². The zero-order chi connectivity index (χ0) is 12.7. The molecule has 0 heterocycles. The Hall–Kier alpha value is -0.590. The minimum Gasteiger partial charge on any atom is -0.303 e. The van der Waals surface area contributed by atoms with Gasteiger partial charge in [-0.25, -0.2) is 0 Å². The molecule has 0 spiro atoms. The van der Waals surface area contributed by atoms with E-state index in [0.29, 0.717) is 17.3 Å². The zero-order valence-electron chi connectivity index (χ0n) is 11.8. The summed E-state index contributed by atoms with van der Waals surface area (Å²) in [6, 6.07) is 0. The van der Waals surface area contributed by atoms with Gasteiger partial charge in [-0.15, -0.1) is 0 Å². The van der Waals surface area contributed by atoms with E-state index in [9.17, 15) is 4.79 Å². The van der Waals surface area contributed by atoms with Crippen molar-refractivity contribution < 1.29 is 4.79 Å². The summed E-state index contributed by atoms with van der Waals surface area (Å²) in [5.41, 5.74) is 3.71. The number of aldehydes is 1. The first-order chi connectivity index (χ1) is 7.92. The van der Waals surface area contributed by atoms with Crippen molar-refractivity contribution in [2.45, 2.75) is 66.2 Å². The van der Waals surface area contributed by atoms with Crippen LogP contribution >= 0.6 is 0 Å². The lowest BCUT2D eigenvalue weighted by atomic mass is 9.50. The first kappa shape index (κ1) is 12.9. The number of rotatable bonds is 2. The average Bonchev–Trinajstić information content (AvgIpc) is 2.22. The molecule has 1 heteroatoms. The lowest BCUT2D eigenvalue weighted by Gasteiger charge is -2.55. The molecular weight excluding hydrogens is 208 g/mol. The second-order valence-corrected chi connectivity index (χ2v) is 6.98. The maximum atomic E-state index is 11.0. The molecule has 2 aliphatic carbocycles. The summed E-state index contributed by atoms with van der Waals surface area (Å²) in [7, 11) is 0. The van der Waals surface area contributed by atoms with E-state index >= 15 is 0 Å². The Bertz CT molecular complexity index is 351. The van der Waals surface area contributed by atoms with Gasteiger partial charge in [0.1, 0.15) is 6.29 Å². The Kier molecular flexibility index (Phi) is 3.22. The SMILES string of the molecule is CC1=C(CC=O)[C@@]2(C)CCCC(C)(C)[C@H]2CC1. The fraction of sp³-hybridized carbons (Fsp3) is 0.812. The molecular formula is C16H26O. The van der Waals surface area contributed by atoms with Crippen molar-refractivity contribution in [3.63, 3.8) is 0 Å². The smallest absolute Gasteiger partial charge is 0.124 e. The highest BCUT2D eigenvalue weighted by molar-refractivity contribution is 5.56. The van der Waals surface area contributed by atoms with Crippen LogP contribution in [0.25, 0.3) is 0 Å². The molecule has 0 bridgehead atoms. The highest BCUT2D eigenvalue weighted by atomic mass is 16.1. The van der Waals surface area contributed by atoms with E-state index in [2.05, 4.69) is 27.7 Å². The van der Waals surface area contributed by atoms with Gasteiger partial charge in [-0.05, 0) is 49.4 Å². The van der Waals surface area contributed by atoms with Gasteiger partial charge in [-0.2, -0.15) is 0 Å². The monoisotopic (exact) mass is 234 g/mol. The van der Waals surface area contributed by atoms with Crippen LogP contribution < -0.4 is 0 Å². The Morgan fingerprint density at radius 2 is 2.00 bits per heavy atom. The van der Waals surface area contributed by atoms with E-state index in [-0.39, 0.29) is 0 Å². The number of hydrogen-bond acceptors (Lipinski definition) is 1. The topological polar surface area (TPSA) is 17.1 Å². The lowest BCUT2D eigenvalue weighted by molar-refractivity contribution is -0.107. The van der Waals surface area contributed by atoms with Gasteiger partial charge >= 0.3 is 0 Å². The van der Waals surface area contributed by atoms with E-state index in [0.717, 1.165) is 12.2 Å². The first-order valence-corrected chi connectivity index (χ1v) is 7.04. The summed E-state index contributed by atoms with van der Waals surface area (Å²) in [6.45, 7) is 9.50. The van der Waals surface area contributed by atoms with Crippen LogP contribution in [0.4, 0.5) is 0 Å². The standard InChI is InChI=1S/C16H26O/c1-12-6-7-14-15(2,3)9-5-10-16(14,4)13(12)8-11-17/h11,14H,5-10H2,1-4H3/t14-,16-/m1/s1. The molecule has 17 heavy (non-hydrogen) atoms. The predicted molar refractivity (Wildman–Crippen MR) is 71.8 cm³/mol. The van der Waals surface area contributed by atoms with Gasteiger partial charge in [-0.3, -0.25) is 0 Å². The second kappa shape index (κ2) is 4.26. The molecule has 0 aromatic heterocycles. The number of fused-ring (bicyclic) bond motifs is 1. The predicted octanol–water partition coefficient (Wildman–Crippen LogP) is 4.52. The summed E-state index contributed by atoms with van der Waals surface area (Å²) in [5.74, 6) is 0.766. The Labute approximate surface area is 106 Å². The first-order valence-electron chi connectivity index (χ1n) is 7.04. The fourth-order valence-corrected chi connectivity index (χ4v) is 4.68. The van der Waals surface area contributed by atoms with E-state index in [4.69, 9.17) is 0 Å². The van der Waals surface area contributed by atoms with Crippen LogP contribution in [-0.4, -0.2) is 6.29 Å². The normalized spacial score (nSPS) is 36.6. The molecule has 0 amide bonds. The lowest BCUT2D eigenvalue weighted by Crippen LogP contribution is -2.45. The molecule has 96 valence electrons. The Balaban J connectivity index is 2.42. The van der Waals surface area contributed by atoms with Crippen LogP contribution in [0.15, 0.2) is 11.1 Å². The van der Waals surface area contributed by atoms with Crippen molar-refractivity contribution in [2.24, 2.45) is 16.7 Å². The Morgan fingerprint density at radius 1 is 1.29 bits per heavy atom. The van der Waals surface area contributed by atoms with Gasteiger partial charge in [0.2, 0.25) is 0 Å². The molecule has 0 aliphatic heterocycles. The van der Waals surface area contributed by atoms with Crippen LogP contribution in [0.3, 0.4) is 0 Å². The molecule has 1 nitrogen and oxygen atoms in total. The van der Waals surface area contributed by atoms with E-state index in [1.807, 2.05) is 0 Å². The molecule has 2 atom stereocenters. The summed E-state index contributed by atoms with van der Waals surface area (Å²) in [6.07, 6.45) is 8.23. The quantitative estimate of drug-likeness (QED) is 0.507. The Morgan fingerprint density at radius 3 is 2.65 bits per heavy atom. The van der Waals surface area contributed by atoms with E-state index in [1.165, 1.54) is 43.3 Å². The molecule has 0 unspecified atom stereocenters. The molecule has 0 aromatic rings. The largest absolute Gasteiger partial charge is 0.303 e. The summed E-state index contributed by atoms with van der Waals surface area (Å²) < 4.78 is 0. The van der Waals surface area contributed by atoms with Crippen molar-refractivity contribution in [3.05, 3.63) is 11.1 Å². The fourth-order valence-electron chi connectivity index (χ4n) is 4.68. The van der Waals surface area contributed by atoms with E-state index in [1.54, 1.807) is 0 Å².